The molecule has 0 unspecified atom stereocenters. The molecule has 1 aliphatic rings. The Labute approximate surface area is 165 Å². The third-order valence-electron chi connectivity index (χ3n) is 4.51. The van der Waals surface area contributed by atoms with E-state index < -0.39 is 0 Å². The van der Waals surface area contributed by atoms with Gasteiger partial charge in [0.1, 0.15) is 0 Å². The molecular formula is C20H29N5OS. The number of hydrogen-bond donors (Lipinski definition) is 2. The van der Waals surface area contributed by atoms with Crippen LogP contribution in [0.25, 0.3) is 0 Å². The van der Waals surface area contributed by atoms with Crippen LogP contribution >= 0.6 is 11.3 Å². The highest BCUT2D eigenvalue weighted by atomic mass is 32.1. The normalized spacial score (nSPS) is 15.6. The third-order valence-corrected chi connectivity index (χ3v) is 5.44. The van der Waals surface area contributed by atoms with E-state index in [4.69, 9.17) is 9.73 Å². The van der Waals surface area contributed by atoms with Gasteiger partial charge in [-0.05, 0) is 55.8 Å². The molecule has 1 fully saturated rings. The minimum absolute atomic E-state index is 0.454. The van der Waals surface area contributed by atoms with Crippen LogP contribution in [0.2, 0.25) is 0 Å². The van der Waals surface area contributed by atoms with Gasteiger partial charge < -0.3 is 20.3 Å². The van der Waals surface area contributed by atoms with Crippen molar-refractivity contribution in [1.29, 1.82) is 0 Å². The zero-order chi connectivity index (χ0) is 18.9. The summed E-state index contributed by atoms with van der Waals surface area (Å²) in [6, 6.07) is 8.71. The SMILES string of the molecule is CCNC(=NCc1ccnc(OCC)c1)NC1CCN(c2cccs2)CC1. The molecule has 2 N–H and O–H groups in total. The number of rotatable bonds is 7. The molecule has 0 saturated carbocycles. The lowest BCUT2D eigenvalue weighted by atomic mass is 10.1. The van der Waals surface area contributed by atoms with Gasteiger partial charge in [-0.15, -0.1) is 11.3 Å². The molecule has 27 heavy (non-hydrogen) atoms. The summed E-state index contributed by atoms with van der Waals surface area (Å²) in [5.74, 6) is 1.53. The van der Waals surface area contributed by atoms with Crippen LogP contribution in [0.4, 0.5) is 5.00 Å². The van der Waals surface area contributed by atoms with Gasteiger partial charge in [0.2, 0.25) is 5.88 Å². The van der Waals surface area contributed by atoms with E-state index in [-0.39, 0.29) is 0 Å². The van der Waals surface area contributed by atoms with Gasteiger partial charge >= 0.3 is 0 Å². The first-order valence-electron chi connectivity index (χ1n) is 9.69. The van der Waals surface area contributed by atoms with Gasteiger partial charge in [-0.3, -0.25) is 0 Å². The first-order chi connectivity index (χ1) is 13.3. The molecule has 0 spiro atoms. The molecule has 0 radical (unpaired) electrons. The fourth-order valence-corrected chi connectivity index (χ4v) is 3.94. The molecule has 7 heteroatoms. The maximum atomic E-state index is 5.47. The largest absolute Gasteiger partial charge is 0.478 e. The lowest BCUT2D eigenvalue weighted by Gasteiger charge is -2.33. The predicted octanol–water partition coefficient (Wildman–Crippen LogP) is 3.27. The van der Waals surface area contributed by atoms with Crippen LogP contribution in [0.5, 0.6) is 5.88 Å². The van der Waals surface area contributed by atoms with Gasteiger partial charge in [0.25, 0.3) is 0 Å². The molecule has 6 nitrogen and oxygen atoms in total. The minimum Gasteiger partial charge on any atom is -0.478 e. The zero-order valence-electron chi connectivity index (χ0n) is 16.1. The monoisotopic (exact) mass is 387 g/mol. The average Bonchev–Trinajstić information content (AvgIpc) is 3.22. The summed E-state index contributed by atoms with van der Waals surface area (Å²) in [5.41, 5.74) is 1.10. The number of piperidine rings is 1. The van der Waals surface area contributed by atoms with E-state index in [2.05, 4.69) is 45.0 Å². The summed E-state index contributed by atoms with van der Waals surface area (Å²) in [6.45, 7) is 8.29. The van der Waals surface area contributed by atoms with Crippen LogP contribution in [-0.2, 0) is 6.54 Å². The molecule has 0 atom stereocenters. The van der Waals surface area contributed by atoms with Gasteiger partial charge in [-0.2, -0.15) is 0 Å². The van der Waals surface area contributed by atoms with Gasteiger partial charge in [-0.1, -0.05) is 0 Å². The van der Waals surface area contributed by atoms with Crippen LogP contribution in [0, 0.1) is 0 Å². The molecule has 1 aliphatic heterocycles. The second-order valence-electron chi connectivity index (χ2n) is 6.49. The van der Waals surface area contributed by atoms with E-state index in [1.54, 1.807) is 6.20 Å². The van der Waals surface area contributed by atoms with Crippen LogP contribution in [0.3, 0.4) is 0 Å². The predicted molar refractivity (Wildman–Crippen MR) is 113 cm³/mol. The van der Waals surface area contributed by atoms with Crippen molar-refractivity contribution in [3.63, 3.8) is 0 Å². The maximum Gasteiger partial charge on any atom is 0.213 e. The third kappa shape index (κ3) is 5.85. The molecule has 0 bridgehead atoms. The highest BCUT2D eigenvalue weighted by Crippen LogP contribution is 2.24. The lowest BCUT2D eigenvalue weighted by Crippen LogP contribution is -2.48. The quantitative estimate of drug-likeness (QED) is 0.564. The second-order valence-corrected chi connectivity index (χ2v) is 7.41. The number of nitrogens with zero attached hydrogens (tertiary/aromatic N) is 3. The maximum absolute atomic E-state index is 5.47. The van der Waals surface area contributed by atoms with Crippen LogP contribution in [0.15, 0.2) is 40.8 Å². The van der Waals surface area contributed by atoms with E-state index in [0.717, 1.165) is 44.0 Å². The second kappa shape index (κ2) is 10.2. The fourth-order valence-electron chi connectivity index (χ4n) is 3.15. The smallest absolute Gasteiger partial charge is 0.213 e. The van der Waals surface area contributed by atoms with Crippen molar-refractivity contribution in [2.24, 2.45) is 4.99 Å². The first-order valence-corrected chi connectivity index (χ1v) is 10.6. The Kier molecular flexibility index (Phi) is 7.33. The summed E-state index contributed by atoms with van der Waals surface area (Å²) in [6.07, 6.45) is 4.01. The topological polar surface area (TPSA) is 61.8 Å². The summed E-state index contributed by atoms with van der Waals surface area (Å²) in [7, 11) is 0. The van der Waals surface area contributed by atoms with Crippen molar-refractivity contribution in [1.82, 2.24) is 15.6 Å². The number of pyridine rings is 1. The summed E-state index contributed by atoms with van der Waals surface area (Å²) >= 11 is 1.82. The van der Waals surface area contributed by atoms with Gasteiger partial charge in [0.05, 0.1) is 18.2 Å². The number of hydrogen-bond acceptors (Lipinski definition) is 5. The lowest BCUT2D eigenvalue weighted by molar-refractivity contribution is 0.326. The number of thiophene rings is 1. The van der Waals surface area contributed by atoms with Gasteiger partial charge in [0, 0.05) is 37.9 Å². The molecule has 0 aliphatic carbocycles. The number of guanidine groups is 1. The molecule has 146 valence electrons. The molecule has 2 aromatic rings. The van der Waals surface area contributed by atoms with E-state index in [1.165, 1.54) is 5.00 Å². The first kappa shape index (κ1) is 19.5. The highest BCUT2D eigenvalue weighted by Gasteiger charge is 2.20. The minimum atomic E-state index is 0.454. The van der Waals surface area contributed by atoms with Gasteiger partial charge in [-0.25, -0.2) is 9.98 Å². The molecule has 1 saturated heterocycles. The molecule has 3 heterocycles. The van der Waals surface area contributed by atoms with Crippen molar-refractivity contribution in [2.45, 2.75) is 39.3 Å². The van der Waals surface area contributed by atoms with Crippen LogP contribution in [-0.4, -0.2) is 43.2 Å². The number of aliphatic imine (C=N–C) groups is 1. The van der Waals surface area contributed by atoms with Crippen molar-refractivity contribution in [3.05, 3.63) is 41.4 Å². The molecular weight excluding hydrogens is 358 g/mol. The van der Waals surface area contributed by atoms with E-state index >= 15 is 0 Å². The van der Waals surface area contributed by atoms with Crippen molar-refractivity contribution in [3.8, 4) is 5.88 Å². The Hall–Kier alpha value is -2.28. The van der Waals surface area contributed by atoms with Crippen molar-refractivity contribution in [2.75, 3.05) is 31.1 Å². The Morgan fingerprint density at radius 3 is 2.89 bits per heavy atom. The Morgan fingerprint density at radius 1 is 1.33 bits per heavy atom. The number of aromatic nitrogens is 1. The standard InChI is InChI=1S/C20H29N5OS/c1-3-21-20(23-15-16-7-10-22-18(14-16)26-4-2)24-17-8-11-25(12-9-17)19-6-5-13-27-19/h5-7,10,13-14,17H,3-4,8-9,11-12,15H2,1-2H3,(H2,21,23,24). The van der Waals surface area contributed by atoms with E-state index in [9.17, 15) is 0 Å². The molecule has 2 aromatic heterocycles. The Balaban J connectivity index is 1.54. The van der Waals surface area contributed by atoms with E-state index in [1.807, 2.05) is 30.4 Å². The Morgan fingerprint density at radius 2 is 2.19 bits per heavy atom. The van der Waals surface area contributed by atoms with Crippen molar-refractivity contribution < 1.29 is 4.74 Å². The van der Waals surface area contributed by atoms with Gasteiger partial charge in [0.15, 0.2) is 5.96 Å². The number of anilines is 1. The number of nitrogens with one attached hydrogen (secondary N) is 2. The average molecular weight is 388 g/mol. The van der Waals surface area contributed by atoms with E-state index in [0.29, 0.717) is 25.1 Å². The van der Waals surface area contributed by atoms with Crippen molar-refractivity contribution >= 4 is 22.3 Å². The fraction of sp³-hybridized carbons (Fsp3) is 0.500. The Bertz CT molecular complexity index is 711. The summed E-state index contributed by atoms with van der Waals surface area (Å²) in [5, 5.41) is 10.5. The highest BCUT2D eigenvalue weighted by molar-refractivity contribution is 7.14. The molecule has 3 rings (SSSR count). The van der Waals surface area contributed by atoms with Crippen LogP contribution in [0.1, 0.15) is 32.3 Å². The molecule has 0 amide bonds. The molecule has 0 aromatic carbocycles. The summed E-state index contributed by atoms with van der Waals surface area (Å²) < 4.78 is 5.47. The van der Waals surface area contributed by atoms with Crippen LogP contribution < -0.4 is 20.3 Å². The number of ether oxygens (including phenoxy) is 1. The summed E-state index contributed by atoms with van der Waals surface area (Å²) in [4.78, 5) is 11.4. The zero-order valence-corrected chi connectivity index (χ0v) is 17.0.